The second-order valence-electron chi connectivity index (χ2n) is 4.97. The average Bonchev–Trinajstić information content (AvgIpc) is 2.42. The predicted octanol–water partition coefficient (Wildman–Crippen LogP) is 2.99. The van der Waals surface area contributed by atoms with Gasteiger partial charge in [0.05, 0.1) is 12.8 Å². The van der Waals surface area contributed by atoms with Gasteiger partial charge in [0.15, 0.2) is 0 Å². The van der Waals surface area contributed by atoms with Crippen molar-refractivity contribution in [2.75, 3.05) is 33.2 Å². The van der Waals surface area contributed by atoms with Crippen LogP contribution in [0, 0.1) is 6.92 Å². The second-order valence-corrected chi connectivity index (χ2v) is 5.37. The molecule has 2 aromatic rings. The molecule has 0 saturated carbocycles. The maximum Gasteiger partial charge on any atom is 0.146 e. The molecule has 0 aliphatic rings. The lowest BCUT2D eigenvalue weighted by Crippen LogP contribution is -2.13. The van der Waals surface area contributed by atoms with E-state index in [2.05, 4.69) is 16.3 Å². The molecule has 1 heterocycles. The van der Waals surface area contributed by atoms with Crippen molar-refractivity contribution in [1.82, 2.24) is 10.3 Å². The SMILES string of the molecule is CNCc1cc(N(C)C)c2c(C)c(Cl)cc(OC)c2n1. The number of rotatable bonds is 4. The van der Waals surface area contributed by atoms with E-state index in [1.807, 2.05) is 34.1 Å². The number of methoxy groups -OCH3 is 1. The first-order chi connectivity index (χ1) is 9.49. The Morgan fingerprint density at radius 1 is 1.35 bits per heavy atom. The van der Waals surface area contributed by atoms with Gasteiger partial charge in [0.2, 0.25) is 0 Å². The van der Waals surface area contributed by atoms with E-state index in [9.17, 15) is 0 Å². The Morgan fingerprint density at radius 3 is 2.60 bits per heavy atom. The fourth-order valence-electron chi connectivity index (χ4n) is 2.32. The molecule has 0 aliphatic carbocycles. The summed E-state index contributed by atoms with van der Waals surface area (Å²) in [6.07, 6.45) is 0. The topological polar surface area (TPSA) is 37.4 Å². The molecule has 0 radical (unpaired) electrons. The summed E-state index contributed by atoms with van der Waals surface area (Å²) in [7, 11) is 7.59. The van der Waals surface area contributed by atoms with Crippen LogP contribution in [0.25, 0.3) is 10.9 Å². The van der Waals surface area contributed by atoms with Gasteiger partial charge in [-0.1, -0.05) is 11.6 Å². The number of hydrogen-bond acceptors (Lipinski definition) is 4. The van der Waals surface area contributed by atoms with Crippen LogP contribution in [0.4, 0.5) is 5.69 Å². The van der Waals surface area contributed by atoms with Gasteiger partial charge < -0.3 is 15.0 Å². The lowest BCUT2D eigenvalue weighted by atomic mass is 10.1. The van der Waals surface area contributed by atoms with E-state index >= 15 is 0 Å². The number of ether oxygens (including phenoxy) is 1. The van der Waals surface area contributed by atoms with Crippen LogP contribution >= 0.6 is 11.6 Å². The molecular formula is C15H20ClN3O. The van der Waals surface area contributed by atoms with Gasteiger partial charge in [0.25, 0.3) is 0 Å². The standard InChI is InChI=1S/C15H20ClN3O/c1-9-11(16)7-13(20-5)15-14(9)12(19(3)4)6-10(18-15)8-17-2/h6-7,17H,8H2,1-5H3. The number of anilines is 1. The number of fused-ring (bicyclic) bond motifs is 1. The highest BCUT2D eigenvalue weighted by Crippen LogP contribution is 2.38. The van der Waals surface area contributed by atoms with E-state index < -0.39 is 0 Å². The molecule has 1 aromatic carbocycles. The van der Waals surface area contributed by atoms with Crippen LogP contribution < -0.4 is 15.0 Å². The molecule has 0 bridgehead atoms. The minimum Gasteiger partial charge on any atom is -0.494 e. The van der Waals surface area contributed by atoms with Gasteiger partial charge in [-0.2, -0.15) is 0 Å². The zero-order valence-corrected chi connectivity index (χ0v) is 13.3. The Kier molecular flexibility index (Phi) is 4.35. The number of benzene rings is 1. The average molecular weight is 294 g/mol. The molecule has 2 rings (SSSR count). The smallest absolute Gasteiger partial charge is 0.146 e. The Labute approximate surface area is 124 Å². The van der Waals surface area contributed by atoms with Crippen LogP contribution in [0.1, 0.15) is 11.3 Å². The third-order valence-corrected chi connectivity index (χ3v) is 3.73. The predicted molar refractivity (Wildman–Crippen MR) is 85.1 cm³/mol. The molecule has 0 fully saturated rings. The third kappa shape index (κ3) is 2.53. The molecule has 0 spiro atoms. The van der Waals surface area contributed by atoms with Crippen molar-refractivity contribution in [3.05, 3.63) is 28.4 Å². The summed E-state index contributed by atoms with van der Waals surface area (Å²) in [6, 6.07) is 3.91. The summed E-state index contributed by atoms with van der Waals surface area (Å²) >= 11 is 6.31. The largest absolute Gasteiger partial charge is 0.494 e. The summed E-state index contributed by atoms with van der Waals surface area (Å²) in [6.45, 7) is 2.72. The molecule has 0 atom stereocenters. The number of nitrogens with zero attached hydrogens (tertiary/aromatic N) is 2. The number of aromatic nitrogens is 1. The van der Waals surface area contributed by atoms with Gasteiger partial charge in [-0.25, -0.2) is 4.98 Å². The quantitative estimate of drug-likeness (QED) is 0.940. The second kappa shape index (κ2) is 5.85. The Balaban J connectivity index is 2.88. The molecule has 20 heavy (non-hydrogen) atoms. The maximum atomic E-state index is 6.31. The van der Waals surface area contributed by atoms with Crippen molar-refractivity contribution >= 4 is 28.2 Å². The third-order valence-electron chi connectivity index (χ3n) is 3.34. The highest BCUT2D eigenvalue weighted by Gasteiger charge is 2.16. The van der Waals surface area contributed by atoms with Gasteiger partial charge >= 0.3 is 0 Å². The molecule has 1 aromatic heterocycles. The molecular weight excluding hydrogens is 274 g/mol. The van der Waals surface area contributed by atoms with Gasteiger partial charge in [0, 0.05) is 42.8 Å². The van der Waals surface area contributed by atoms with E-state index in [1.165, 1.54) is 0 Å². The number of aryl methyl sites for hydroxylation is 1. The van der Waals surface area contributed by atoms with Crippen molar-refractivity contribution in [3.63, 3.8) is 0 Å². The minimum atomic E-state index is 0.695. The summed E-state index contributed by atoms with van der Waals surface area (Å²) in [5.41, 5.74) is 3.95. The Morgan fingerprint density at radius 2 is 2.05 bits per heavy atom. The highest BCUT2D eigenvalue weighted by molar-refractivity contribution is 6.33. The summed E-state index contributed by atoms with van der Waals surface area (Å²) < 4.78 is 5.45. The molecule has 0 aliphatic heterocycles. The molecule has 1 N–H and O–H groups in total. The molecule has 5 heteroatoms. The van der Waals surface area contributed by atoms with Crippen molar-refractivity contribution in [2.45, 2.75) is 13.5 Å². The monoisotopic (exact) mass is 293 g/mol. The van der Waals surface area contributed by atoms with Gasteiger partial charge in [-0.15, -0.1) is 0 Å². The Hall–Kier alpha value is -1.52. The normalized spacial score (nSPS) is 10.9. The van der Waals surface area contributed by atoms with Crippen LogP contribution in [-0.2, 0) is 6.54 Å². The number of nitrogens with one attached hydrogen (secondary N) is 1. The van der Waals surface area contributed by atoms with E-state index in [0.717, 1.165) is 27.8 Å². The van der Waals surface area contributed by atoms with Crippen LogP contribution in [-0.4, -0.2) is 33.2 Å². The van der Waals surface area contributed by atoms with E-state index in [0.29, 0.717) is 17.3 Å². The van der Waals surface area contributed by atoms with Gasteiger partial charge in [0.1, 0.15) is 11.3 Å². The number of pyridine rings is 1. The molecule has 0 amide bonds. The zero-order valence-electron chi connectivity index (χ0n) is 12.5. The number of hydrogen-bond donors (Lipinski definition) is 1. The van der Waals surface area contributed by atoms with Crippen LogP contribution in [0.5, 0.6) is 5.75 Å². The number of halogens is 1. The minimum absolute atomic E-state index is 0.695. The zero-order chi connectivity index (χ0) is 14.9. The van der Waals surface area contributed by atoms with E-state index in [-0.39, 0.29) is 0 Å². The summed E-state index contributed by atoms with van der Waals surface area (Å²) in [4.78, 5) is 6.78. The highest BCUT2D eigenvalue weighted by atomic mass is 35.5. The van der Waals surface area contributed by atoms with E-state index in [4.69, 9.17) is 21.3 Å². The molecule has 0 unspecified atom stereocenters. The van der Waals surface area contributed by atoms with Crippen LogP contribution in [0.15, 0.2) is 12.1 Å². The van der Waals surface area contributed by atoms with Crippen molar-refractivity contribution < 1.29 is 4.74 Å². The van der Waals surface area contributed by atoms with Crippen molar-refractivity contribution in [3.8, 4) is 5.75 Å². The summed E-state index contributed by atoms with van der Waals surface area (Å²) in [5.74, 6) is 0.705. The van der Waals surface area contributed by atoms with Gasteiger partial charge in [-0.3, -0.25) is 0 Å². The Bertz CT molecular complexity index is 641. The maximum absolute atomic E-state index is 6.31. The first kappa shape index (κ1) is 14.9. The van der Waals surface area contributed by atoms with E-state index in [1.54, 1.807) is 7.11 Å². The fourth-order valence-corrected chi connectivity index (χ4v) is 2.52. The lowest BCUT2D eigenvalue weighted by molar-refractivity contribution is 0.418. The molecule has 0 saturated heterocycles. The molecule has 108 valence electrons. The van der Waals surface area contributed by atoms with Crippen LogP contribution in [0.2, 0.25) is 5.02 Å². The first-order valence-electron chi connectivity index (χ1n) is 6.48. The first-order valence-corrected chi connectivity index (χ1v) is 6.86. The summed E-state index contributed by atoms with van der Waals surface area (Å²) in [5, 5.41) is 4.87. The van der Waals surface area contributed by atoms with Crippen molar-refractivity contribution in [1.29, 1.82) is 0 Å². The fraction of sp³-hybridized carbons (Fsp3) is 0.400. The van der Waals surface area contributed by atoms with Gasteiger partial charge in [-0.05, 0) is 25.6 Å². The molecule has 4 nitrogen and oxygen atoms in total. The van der Waals surface area contributed by atoms with Crippen LogP contribution in [0.3, 0.4) is 0 Å². The lowest BCUT2D eigenvalue weighted by Gasteiger charge is -2.20. The van der Waals surface area contributed by atoms with Crippen molar-refractivity contribution in [2.24, 2.45) is 0 Å².